The summed E-state index contributed by atoms with van der Waals surface area (Å²) in [6.07, 6.45) is 7.05. The van der Waals surface area contributed by atoms with E-state index < -0.39 is 0 Å². The number of carbonyl (C=O) groups excluding carboxylic acids is 1. The number of carbonyl (C=O) groups is 1. The van der Waals surface area contributed by atoms with Gasteiger partial charge in [-0.25, -0.2) is 0 Å². The molecule has 0 radical (unpaired) electrons. The molecular weight excluding hydrogens is 260 g/mol. The van der Waals surface area contributed by atoms with Crippen LogP contribution in [0.5, 0.6) is 0 Å². The fraction of sp³-hybridized carbons (Fsp3) is 0.611. The van der Waals surface area contributed by atoms with E-state index >= 15 is 0 Å². The summed E-state index contributed by atoms with van der Waals surface area (Å²) in [4.78, 5) is 14.6. The molecule has 1 aliphatic carbocycles. The maximum Gasteiger partial charge on any atom is 0.240 e. The Morgan fingerprint density at radius 3 is 2.67 bits per heavy atom. The van der Waals surface area contributed by atoms with Gasteiger partial charge in [-0.3, -0.25) is 10.1 Å². The lowest BCUT2D eigenvalue weighted by Crippen LogP contribution is -2.37. The highest BCUT2D eigenvalue weighted by Crippen LogP contribution is 2.38. The lowest BCUT2D eigenvalue weighted by Gasteiger charge is -2.29. The molecule has 0 aromatic heterocycles. The van der Waals surface area contributed by atoms with Crippen molar-refractivity contribution in [3.8, 4) is 0 Å². The molecule has 1 atom stereocenters. The van der Waals surface area contributed by atoms with Crippen molar-refractivity contribution in [2.24, 2.45) is 5.41 Å². The van der Waals surface area contributed by atoms with Gasteiger partial charge in [0.25, 0.3) is 0 Å². The second-order valence-corrected chi connectivity index (χ2v) is 6.99. The molecule has 1 saturated carbocycles. The fourth-order valence-electron chi connectivity index (χ4n) is 3.77. The standard InChI is InChI=1S/C18H26N2O/c1-18(11-5-6-12-18)13-20-14-19-16(17(20)21)10-9-15-7-3-2-4-8-15/h2-4,7-8,16,19H,5-6,9-14H2,1H3. The van der Waals surface area contributed by atoms with Crippen molar-refractivity contribution >= 4 is 5.91 Å². The van der Waals surface area contributed by atoms with E-state index in [4.69, 9.17) is 0 Å². The Kier molecular flexibility index (Phi) is 4.29. The van der Waals surface area contributed by atoms with E-state index in [0.29, 0.717) is 11.3 Å². The van der Waals surface area contributed by atoms with Crippen LogP contribution < -0.4 is 5.32 Å². The van der Waals surface area contributed by atoms with E-state index in [1.54, 1.807) is 0 Å². The molecule has 0 spiro atoms. The fourth-order valence-corrected chi connectivity index (χ4v) is 3.77. The van der Waals surface area contributed by atoms with Crippen LogP contribution in [0.2, 0.25) is 0 Å². The predicted octanol–water partition coefficient (Wildman–Crippen LogP) is 2.96. The number of hydrogen-bond acceptors (Lipinski definition) is 2. The molecule has 1 aliphatic heterocycles. The third-order valence-corrected chi connectivity index (χ3v) is 5.09. The summed E-state index contributed by atoms with van der Waals surface area (Å²) >= 11 is 0. The third-order valence-electron chi connectivity index (χ3n) is 5.09. The van der Waals surface area contributed by atoms with Gasteiger partial charge in [-0.05, 0) is 36.7 Å². The molecular formula is C18H26N2O. The summed E-state index contributed by atoms with van der Waals surface area (Å²) in [7, 11) is 0. The molecule has 1 N–H and O–H groups in total. The number of benzene rings is 1. The minimum atomic E-state index is 0.00945. The van der Waals surface area contributed by atoms with E-state index in [-0.39, 0.29) is 6.04 Å². The van der Waals surface area contributed by atoms with E-state index in [1.807, 2.05) is 11.0 Å². The first-order chi connectivity index (χ1) is 10.2. The Hall–Kier alpha value is -1.35. The number of nitrogens with zero attached hydrogens (tertiary/aromatic N) is 1. The van der Waals surface area contributed by atoms with Gasteiger partial charge in [0.2, 0.25) is 5.91 Å². The summed E-state index contributed by atoms with van der Waals surface area (Å²) in [6, 6.07) is 10.4. The van der Waals surface area contributed by atoms with E-state index in [2.05, 4.69) is 36.5 Å². The van der Waals surface area contributed by atoms with Crippen molar-refractivity contribution in [3.63, 3.8) is 0 Å². The van der Waals surface area contributed by atoms with Crippen molar-refractivity contribution in [1.82, 2.24) is 10.2 Å². The largest absolute Gasteiger partial charge is 0.328 e. The van der Waals surface area contributed by atoms with Gasteiger partial charge in [-0.15, -0.1) is 0 Å². The van der Waals surface area contributed by atoms with Gasteiger partial charge in [0, 0.05) is 6.54 Å². The summed E-state index contributed by atoms with van der Waals surface area (Å²) in [6.45, 7) is 4.00. The highest BCUT2D eigenvalue weighted by atomic mass is 16.2. The van der Waals surface area contributed by atoms with E-state index in [0.717, 1.165) is 26.1 Å². The zero-order chi connectivity index (χ0) is 14.7. The molecule has 2 fully saturated rings. The van der Waals surface area contributed by atoms with E-state index in [9.17, 15) is 4.79 Å². The average molecular weight is 286 g/mol. The third kappa shape index (κ3) is 3.46. The highest BCUT2D eigenvalue weighted by molar-refractivity contribution is 5.83. The molecule has 3 nitrogen and oxygen atoms in total. The SMILES string of the molecule is CC1(CN2CNC(CCc3ccccc3)C2=O)CCCC1. The van der Waals surface area contributed by atoms with Crippen molar-refractivity contribution in [3.05, 3.63) is 35.9 Å². The Morgan fingerprint density at radius 1 is 1.24 bits per heavy atom. The van der Waals surface area contributed by atoms with Gasteiger partial charge < -0.3 is 4.90 Å². The van der Waals surface area contributed by atoms with Crippen LogP contribution in [0.25, 0.3) is 0 Å². The molecule has 0 bridgehead atoms. The monoisotopic (exact) mass is 286 g/mol. The molecule has 1 heterocycles. The van der Waals surface area contributed by atoms with Crippen molar-refractivity contribution in [1.29, 1.82) is 0 Å². The number of hydrogen-bond donors (Lipinski definition) is 1. The van der Waals surface area contributed by atoms with Crippen LogP contribution in [0, 0.1) is 5.41 Å². The van der Waals surface area contributed by atoms with Gasteiger partial charge in [0.1, 0.15) is 0 Å². The van der Waals surface area contributed by atoms with Crippen LogP contribution in [0.4, 0.5) is 0 Å². The lowest BCUT2D eigenvalue weighted by atomic mass is 9.88. The molecule has 1 saturated heterocycles. The number of amides is 1. The molecule has 1 aromatic carbocycles. The van der Waals surface area contributed by atoms with Crippen molar-refractivity contribution in [2.75, 3.05) is 13.2 Å². The summed E-state index contributed by atoms with van der Waals surface area (Å²) in [5.41, 5.74) is 1.67. The second kappa shape index (κ2) is 6.18. The molecule has 114 valence electrons. The molecule has 1 aromatic rings. The van der Waals surface area contributed by atoms with Crippen LogP contribution >= 0.6 is 0 Å². The maximum atomic E-state index is 12.5. The Morgan fingerprint density at radius 2 is 1.95 bits per heavy atom. The van der Waals surface area contributed by atoms with Crippen LogP contribution in [0.3, 0.4) is 0 Å². The summed E-state index contributed by atoms with van der Waals surface area (Å²) in [5, 5.41) is 3.39. The molecule has 3 heteroatoms. The minimum absolute atomic E-state index is 0.00945. The molecule has 3 rings (SSSR count). The molecule has 1 unspecified atom stereocenters. The molecule has 21 heavy (non-hydrogen) atoms. The molecule has 1 amide bonds. The van der Waals surface area contributed by atoms with Crippen molar-refractivity contribution < 1.29 is 4.79 Å². The van der Waals surface area contributed by atoms with Crippen LogP contribution in [-0.4, -0.2) is 30.1 Å². The normalized spacial score (nSPS) is 24.7. The van der Waals surface area contributed by atoms with Gasteiger partial charge in [-0.1, -0.05) is 50.1 Å². The number of rotatable bonds is 5. The number of nitrogens with one attached hydrogen (secondary N) is 1. The lowest BCUT2D eigenvalue weighted by molar-refractivity contribution is -0.130. The van der Waals surface area contributed by atoms with E-state index in [1.165, 1.54) is 31.2 Å². The second-order valence-electron chi connectivity index (χ2n) is 6.99. The molecule has 2 aliphatic rings. The van der Waals surface area contributed by atoms with Crippen LogP contribution in [-0.2, 0) is 11.2 Å². The Labute approximate surface area is 127 Å². The maximum absolute atomic E-state index is 12.5. The number of aryl methyl sites for hydroxylation is 1. The highest BCUT2D eigenvalue weighted by Gasteiger charge is 2.37. The summed E-state index contributed by atoms with van der Waals surface area (Å²) < 4.78 is 0. The zero-order valence-corrected chi connectivity index (χ0v) is 13.0. The minimum Gasteiger partial charge on any atom is -0.328 e. The zero-order valence-electron chi connectivity index (χ0n) is 13.0. The first-order valence-corrected chi connectivity index (χ1v) is 8.22. The smallest absolute Gasteiger partial charge is 0.240 e. The van der Waals surface area contributed by atoms with Crippen LogP contribution in [0.15, 0.2) is 30.3 Å². The Balaban J connectivity index is 1.51. The first kappa shape index (κ1) is 14.6. The van der Waals surface area contributed by atoms with Gasteiger partial charge in [-0.2, -0.15) is 0 Å². The first-order valence-electron chi connectivity index (χ1n) is 8.22. The van der Waals surface area contributed by atoms with Crippen molar-refractivity contribution in [2.45, 2.75) is 51.5 Å². The predicted molar refractivity (Wildman–Crippen MR) is 84.8 cm³/mol. The van der Waals surface area contributed by atoms with Crippen LogP contribution in [0.1, 0.15) is 44.6 Å². The quantitative estimate of drug-likeness (QED) is 0.902. The average Bonchev–Trinajstić information content (AvgIpc) is 3.06. The van der Waals surface area contributed by atoms with Gasteiger partial charge >= 0.3 is 0 Å². The van der Waals surface area contributed by atoms with Gasteiger partial charge in [0.15, 0.2) is 0 Å². The topological polar surface area (TPSA) is 32.3 Å². The summed E-state index contributed by atoms with van der Waals surface area (Å²) in [5.74, 6) is 0.305. The Bertz CT molecular complexity index is 479. The van der Waals surface area contributed by atoms with Gasteiger partial charge in [0.05, 0.1) is 12.7 Å².